The molecule has 1 aromatic rings. The third-order valence-electron chi connectivity index (χ3n) is 4.48. The van der Waals surface area contributed by atoms with Crippen LogP contribution in [0.5, 0.6) is 0 Å². The molecule has 5 nitrogen and oxygen atoms in total. The first-order valence-electron chi connectivity index (χ1n) is 9.15. The van der Waals surface area contributed by atoms with Crippen molar-refractivity contribution in [3.05, 3.63) is 21.9 Å². The van der Waals surface area contributed by atoms with E-state index in [1.165, 1.54) is 56.0 Å². The van der Waals surface area contributed by atoms with Crippen LogP contribution in [0, 0.1) is 6.92 Å². The van der Waals surface area contributed by atoms with Gasteiger partial charge in [-0.3, -0.25) is 0 Å². The molecule has 0 unspecified atom stereocenters. The zero-order chi connectivity index (χ0) is 17.2. The highest BCUT2D eigenvalue weighted by Gasteiger charge is 2.12. The molecule has 2 rings (SSSR count). The van der Waals surface area contributed by atoms with Gasteiger partial charge in [0.15, 0.2) is 5.96 Å². The fourth-order valence-electron chi connectivity index (χ4n) is 2.80. The summed E-state index contributed by atoms with van der Waals surface area (Å²) in [4.78, 5) is 11.0. The van der Waals surface area contributed by atoms with E-state index in [1.54, 1.807) is 11.3 Å². The number of aliphatic imine (C=N–C) groups is 1. The monoisotopic (exact) mass is 479 g/mol. The number of likely N-dealkylation sites (N-methyl/N-ethyl adjacent to an activating group) is 1. The van der Waals surface area contributed by atoms with E-state index in [2.05, 4.69) is 52.8 Å². The molecule has 2 heterocycles. The van der Waals surface area contributed by atoms with Gasteiger partial charge in [0.2, 0.25) is 0 Å². The first-order chi connectivity index (χ1) is 11.7. The Hall–Kier alpha value is -0.380. The molecule has 1 aliphatic heterocycles. The maximum Gasteiger partial charge on any atom is 0.191 e. The standard InChI is InChI=1S/C18H33N5S.HI/c1-4-19-18(21-15-17-16(2)7-14-24-17)20-8-5-6-9-23-12-10-22(3)11-13-23;/h7,14H,4-6,8-13,15H2,1-3H3,(H2,19,20,21);1H. The van der Waals surface area contributed by atoms with Crippen molar-refractivity contribution < 1.29 is 0 Å². The van der Waals surface area contributed by atoms with Crippen LogP contribution in [-0.2, 0) is 6.54 Å². The van der Waals surface area contributed by atoms with Gasteiger partial charge in [-0.2, -0.15) is 0 Å². The van der Waals surface area contributed by atoms with E-state index in [4.69, 9.17) is 4.99 Å². The second-order valence-corrected chi connectivity index (χ2v) is 7.50. The molecule has 1 saturated heterocycles. The zero-order valence-electron chi connectivity index (χ0n) is 15.9. The number of nitrogens with one attached hydrogen (secondary N) is 2. The Bertz CT molecular complexity index is 497. The molecule has 1 fully saturated rings. The summed E-state index contributed by atoms with van der Waals surface area (Å²) in [5.74, 6) is 0.935. The van der Waals surface area contributed by atoms with Crippen LogP contribution in [0.4, 0.5) is 0 Å². The average molecular weight is 479 g/mol. The molecule has 144 valence electrons. The summed E-state index contributed by atoms with van der Waals surface area (Å²) in [6, 6.07) is 2.16. The Morgan fingerprint density at radius 2 is 1.96 bits per heavy atom. The van der Waals surface area contributed by atoms with Gasteiger partial charge in [-0.25, -0.2) is 4.99 Å². The number of unbranched alkanes of at least 4 members (excludes halogenated alkanes) is 1. The second kappa shape index (κ2) is 12.9. The van der Waals surface area contributed by atoms with Crippen LogP contribution in [0.25, 0.3) is 0 Å². The fourth-order valence-corrected chi connectivity index (χ4v) is 3.63. The van der Waals surface area contributed by atoms with Crippen LogP contribution < -0.4 is 10.6 Å². The Kier molecular flexibility index (Phi) is 11.7. The minimum atomic E-state index is 0. The van der Waals surface area contributed by atoms with Gasteiger partial charge in [-0.15, -0.1) is 35.3 Å². The van der Waals surface area contributed by atoms with Crippen LogP contribution in [-0.4, -0.2) is 68.6 Å². The van der Waals surface area contributed by atoms with Crippen molar-refractivity contribution in [3.8, 4) is 0 Å². The Labute approximate surface area is 174 Å². The molecular weight excluding hydrogens is 445 g/mol. The van der Waals surface area contributed by atoms with Crippen LogP contribution in [0.3, 0.4) is 0 Å². The number of aryl methyl sites for hydroxylation is 1. The number of rotatable bonds is 8. The van der Waals surface area contributed by atoms with E-state index in [9.17, 15) is 0 Å². The van der Waals surface area contributed by atoms with E-state index in [1.807, 2.05) is 0 Å². The van der Waals surface area contributed by atoms with E-state index >= 15 is 0 Å². The van der Waals surface area contributed by atoms with Crippen molar-refractivity contribution in [1.29, 1.82) is 0 Å². The van der Waals surface area contributed by atoms with Crippen molar-refractivity contribution in [1.82, 2.24) is 20.4 Å². The summed E-state index contributed by atoms with van der Waals surface area (Å²) < 4.78 is 0. The largest absolute Gasteiger partial charge is 0.357 e. The van der Waals surface area contributed by atoms with Gasteiger partial charge in [0.25, 0.3) is 0 Å². The van der Waals surface area contributed by atoms with Crippen molar-refractivity contribution in [2.24, 2.45) is 4.99 Å². The smallest absolute Gasteiger partial charge is 0.191 e. The van der Waals surface area contributed by atoms with Gasteiger partial charge in [0.1, 0.15) is 0 Å². The first-order valence-corrected chi connectivity index (χ1v) is 10.0. The summed E-state index contributed by atoms with van der Waals surface area (Å²) in [7, 11) is 2.21. The lowest BCUT2D eigenvalue weighted by atomic mass is 10.2. The number of thiophene rings is 1. The van der Waals surface area contributed by atoms with Crippen LogP contribution in [0.1, 0.15) is 30.2 Å². The van der Waals surface area contributed by atoms with Crippen molar-refractivity contribution in [2.45, 2.75) is 33.2 Å². The molecule has 0 atom stereocenters. The van der Waals surface area contributed by atoms with Gasteiger partial charge in [0.05, 0.1) is 6.54 Å². The highest BCUT2D eigenvalue weighted by Crippen LogP contribution is 2.16. The predicted octanol–water partition coefficient (Wildman–Crippen LogP) is 2.76. The van der Waals surface area contributed by atoms with Gasteiger partial charge in [-0.05, 0) is 57.3 Å². The molecule has 25 heavy (non-hydrogen) atoms. The average Bonchev–Trinajstić information content (AvgIpc) is 2.99. The van der Waals surface area contributed by atoms with Gasteiger partial charge >= 0.3 is 0 Å². The third-order valence-corrected chi connectivity index (χ3v) is 5.49. The maximum atomic E-state index is 4.70. The number of hydrogen-bond acceptors (Lipinski definition) is 4. The maximum absolute atomic E-state index is 4.70. The van der Waals surface area contributed by atoms with Crippen molar-refractivity contribution in [2.75, 3.05) is 52.9 Å². The van der Waals surface area contributed by atoms with Crippen LogP contribution in [0.2, 0.25) is 0 Å². The molecule has 1 aromatic heterocycles. The van der Waals surface area contributed by atoms with Gasteiger partial charge < -0.3 is 20.4 Å². The lowest BCUT2D eigenvalue weighted by Gasteiger charge is -2.32. The van der Waals surface area contributed by atoms with Crippen molar-refractivity contribution in [3.63, 3.8) is 0 Å². The highest BCUT2D eigenvalue weighted by atomic mass is 127. The molecule has 0 aliphatic carbocycles. The number of hydrogen-bond donors (Lipinski definition) is 2. The molecule has 0 spiro atoms. The topological polar surface area (TPSA) is 42.9 Å². The van der Waals surface area contributed by atoms with Gasteiger partial charge in [-0.1, -0.05) is 0 Å². The van der Waals surface area contributed by atoms with Crippen LogP contribution in [0.15, 0.2) is 16.4 Å². The second-order valence-electron chi connectivity index (χ2n) is 6.50. The first kappa shape index (κ1) is 22.7. The molecule has 1 aliphatic rings. The molecule has 0 aromatic carbocycles. The van der Waals surface area contributed by atoms with E-state index in [-0.39, 0.29) is 24.0 Å². The molecular formula is C18H34IN5S. The van der Waals surface area contributed by atoms with Gasteiger partial charge in [0, 0.05) is 44.1 Å². The molecule has 0 bridgehead atoms. The Balaban J connectivity index is 0.00000312. The Morgan fingerprint density at radius 1 is 1.20 bits per heavy atom. The quantitative estimate of drug-likeness (QED) is 0.261. The van der Waals surface area contributed by atoms with E-state index in [0.29, 0.717) is 0 Å². The number of piperazine rings is 1. The highest BCUT2D eigenvalue weighted by molar-refractivity contribution is 14.0. The number of nitrogens with zero attached hydrogens (tertiary/aromatic N) is 3. The third kappa shape index (κ3) is 8.70. The minimum absolute atomic E-state index is 0. The summed E-state index contributed by atoms with van der Waals surface area (Å²) >= 11 is 1.79. The minimum Gasteiger partial charge on any atom is -0.357 e. The summed E-state index contributed by atoms with van der Waals surface area (Å²) in [6.45, 7) is 13.0. The van der Waals surface area contributed by atoms with E-state index < -0.39 is 0 Å². The lowest BCUT2D eigenvalue weighted by molar-refractivity contribution is 0.152. The predicted molar refractivity (Wildman–Crippen MR) is 120 cm³/mol. The fraction of sp³-hybridized carbons (Fsp3) is 0.722. The van der Waals surface area contributed by atoms with Crippen LogP contribution >= 0.6 is 35.3 Å². The van der Waals surface area contributed by atoms with E-state index in [0.717, 1.165) is 25.6 Å². The molecule has 2 N–H and O–H groups in total. The summed E-state index contributed by atoms with van der Waals surface area (Å²) in [5.41, 5.74) is 1.34. The summed E-state index contributed by atoms with van der Waals surface area (Å²) in [6.07, 6.45) is 2.44. The van der Waals surface area contributed by atoms with Crippen molar-refractivity contribution >= 4 is 41.3 Å². The molecule has 0 amide bonds. The Morgan fingerprint density at radius 3 is 2.60 bits per heavy atom. The SMILES string of the molecule is CCNC(=NCc1sccc1C)NCCCCN1CCN(C)CC1.I. The molecule has 0 saturated carbocycles. The summed E-state index contributed by atoms with van der Waals surface area (Å²) in [5, 5.41) is 8.94. The zero-order valence-corrected chi connectivity index (χ0v) is 19.0. The molecule has 0 radical (unpaired) electrons. The normalized spacial score (nSPS) is 16.5. The number of guanidine groups is 1. The lowest BCUT2D eigenvalue weighted by Crippen LogP contribution is -2.44. The number of halogens is 1. The molecule has 7 heteroatoms.